The fraction of sp³-hybridized carbons (Fsp3) is 0.381. The van der Waals surface area contributed by atoms with E-state index in [9.17, 15) is 9.18 Å². The van der Waals surface area contributed by atoms with E-state index in [4.69, 9.17) is 4.74 Å². The first kappa shape index (κ1) is 19.9. The molecule has 140 valence electrons. The molecule has 0 aliphatic heterocycles. The summed E-state index contributed by atoms with van der Waals surface area (Å²) in [6, 6.07) is 14.2. The van der Waals surface area contributed by atoms with E-state index in [1.165, 1.54) is 12.1 Å². The lowest BCUT2D eigenvalue weighted by atomic mass is 9.96. The molecule has 1 unspecified atom stereocenters. The van der Waals surface area contributed by atoms with Crippen LogP contribution >= 0.6 is 0 Å². The van der Waals surface area contributed by atoms with Crippen LogP contribution in [-0.2, 0) is 11.2 Å². The van der Waals surface area contributed by atoms with Gasteiger partial charge >= 0.3 is 0 Å². The second-order valence-electron chi connectivity index (χ2n) is 6.57. The maximum Gasteiger partial charge on any atom is 0.233 e. The van der Waals surface area contributed by atoms with Crippen LogP contribution in [0.1, 0.15) is 31.0 Å². The summed E-state index contributed by atoms with van der Waals surface area (Å²) in [7, 11) is 1.64. The molecular formula is C21H27FN2O2. The van der Waals surface area contributed by atoms with Gasteiger partial charge in [0.05, 0.1) is 13.7 Å². The molecule has 5 heteroatoms. The number of carbonyl (C=O) groups is 1. The molecule has 1 atom stereocenters. The van der Waals surface area contributed by atoms with E-state index >= 15 is 0 Å². The van der Waals surface area contributed by atoms with Gasteiger partial charge in [-0.25, -0.2) is 4.39 Å². The van der Waals surface area contributed by atoms with Crippen molar-refractivity contribution in [3.05, 3.63) is 65.5 Å². The summed E-state index contributed by atoms with van der Waals surface area (Å²) in [5.74, 6) is 0.788. The zero-order chi connectivity index (χ0) is 18.9. The molecule has 0 fully saturated rings. The third-order valence-electron chi connectivity index (χ3n) is 4.29. The molecule has 0 spiro atoms. The predicted molar refractivity (Wildman–Crippen MR) is 102 cm³/mol. The summed E-state index contributed by atoms with van der Waals surface area (Å²) in [4.78, 5) is 12.1. The molecule has 0 aliphatic carbocycles. The number of para-hydroxylation sites is 1. The van der Waals surface area contributed by atoms with Gasteiger partial charge in [-0.05, 0) is 41.7 Å². The van der Waals surface area contributed by atoms with Gasteiger partial charge in [-0.2, -0.15) is 0 Å². The van der Waals surface area contributed by atoms with Gasteiger partial charge < -0.3 is 15.4 Å². The van der Waals surface area contributed by atoms with Crippen LogP contribution in [0.4, 0.5) is 4.39 Å². The van der Waals surface area contributed by atoms with Crippen molar-refractivity contribution < 1.29 is 13.9 Å². The Bertz CT molecular complexity index is 701. The Labute approximate surface area is 154 Å². The Kier molecular flexibility index (Phi) is 7.60. The van der Waals surface area contributed by atoms with Gasteiger partial charge in [-0.3, -0.25) is 4.79 Å². The van der Waals surface area contributed by atoms with Crippen molar-refractivity contribution in [3.8, 4) is 5.75 Å². The smallest absolute Gasteiger partial charge is 0.233 e. The van der Waals surface area contributed by atoms with Crippen LogP contribution in [0.2, 0.25) is 0 Å². The fourth-order valence-corrected chi connectivity index (χ4v) is 2.92. The third kappa shape index (κ3) is 5.85. The van der Waals surface area contributed by atoms with Crippen LogP contribution in [0, 0.1) is 11.7 Å². The Balaban J connectivity index is 1.82. The molecule has 4 nitrogen and oxygen atoms in total. The molecule has 2 aromatic rings. The zero-order valence-electron chi connectivity index (χ0n) is 15.6. The lowest BCUT2D eigenvalue weighted by molar-refractivity contribution is -0.120. The third-order valence-corrected chi connectivity index (χ3v) is 4.29. The molecule has 0 saturated heterocycles. The molecule has 0 radical (unpaired) electrons. The summed E-state index contributed by atoms with van der Waals surface area (Å²) < 4.78 is 18.4. The minimum atomic E-state index is -0.259. The van der Waals surface area contributed by atoms with Gasteiger partial charge in [0.25, 0.3) is 0 Å². The van der Waals surface area contributed by atoms with Crippen molar-refractivity contribution in [2.45, 2.75) is 26.3 Å². The van der Waals surface area contributed by atoms with Crippen molar-refractivity contribution >= 4 is 5.91 Å². The SMILES string of the molecule is COc1ccccc1CCNC(=O)CNC(c1ccc(F)cc1)C(C)C. The molecule has 0 saturated carbocycles. The Hall–Kier alpha value is -2.40. The van der Waals surface area contributed by atoms with E-state index in [0.29, 0.717) is 13.0 Å². The molecule has 1 amide bonds. The molecule has 0 bridgehead atoms. The summed E-state index contributed by atoms with van der Waals surface area (Å²) in [5, 5.41) is 6.19. The van der Waals surface area contributed by atoms with Crippen molar-refractivity contribution in [1.82, 2.24) is 10.6 Å². The van der Waals surface area contributed by atoms with Gasteiger partial charge in [0.1, 0.15) is 11.6 Å². The standard InChI is InChI=1S/C21H27FN2O2/c1-15(2)21(17-8-10-18(22)11-9-17)24-14-20(25)23-13-12-16-6-4-5-7-19(16)26-3/h4-11,15,21,24H,12-14H2,1-3H3,(H,23,25). The van der Waals surface area contributed by atoms with Crippen LogP contribution in [0.15, 0.2) is 48.5 Å². The number of nitrogens with one attached hydrogen (secondary N) is 2. The van der Waals surface area contributed by atoms with E-state index in [1.807, 2.05) is 24.3 Å². The first-order chi connectivity index (χ1) is 12.5. The number of benzene rings is 2. The molecule has 26 heavy (non-hydrogen) atoms. The average Bonchev–Trinajstić information content (AvgIpc) is 2.63. The maximum absolute atomic E-state index is 13.1. The molecular weight excluding hydrogens is 331 g/mol. The minimum absolute atomic E-state index is 0.00410. The van der Waals surface area contributed by atoms with Crippen molar-refractivity contribution in [2.75, 3.05) is 20.2 Å². The monoisotopic (exact) mass is 358 g/mol. The molecule has 0 heterocycles. The Morgan fingerprint density at radius 2 is 1.81 bits per heavy atom. The van der Waals surface area contributed by atoms with Crippen LogP contribution in [0.25, 0.3) is 0 Å². The fourth-order valence-electron chi connectivity index (χ4n) is 2.92. The molecule has 0 aromatic heterocycles. The van der Waals surface area contributed by atoms with Crippen LogP contribution < -0.4 is 15.4 Å². The predicted octanol–water partition coefficient (Wildman–Crippen LogP) is 3.48. The number of hydrogen-bond donors (Lipinski definition) is 2. The number of ether oxygens (including phenoxy) is 1. The highest BCUT2D eigenvalue weighted by Crippen LogP contribution is 2.21. The number of carbonyl (C=O) groups excluding carboxylic acids is 1. The summed E-state index contributed by atoms with van der Waals surface area (Å²) in [5.41, 5.74) is 2.04. The maximum atomic E-state index is 13.1. The van der Waals surface area contributed by atoms with Gasteiger partial charge in [0.15, 0.2) is 0 Å². The van der Waals surface area contributed by atoms with Gasteiger partial charge in [0.2, 0.25) is 5.91 Å². The first-order valence-corrected chi connectivity index (χ1v) is 8.88. The quantitative estimate of drug-likeness (QED) is 0.722. The average molecular weight is 358 g/mol. The van der Waals surface area contributed by atoms with Crippen molar-refractivity contribution in [3.63, 3.8) is 0 Å². The first-order valence-electron chi connectivity index (χ1n) is 8.88. The highest BCUT2D eigenvalue weighted by atomic mass is 19.1. The summed E-state index contributed by atoms with van der Waals surface area (Å²) >= 11 is 0. The summed E-state index contributed by atoms with van der Waals surface area (Å²) in [6.07, 6.45) is 0.710. The van der Waals surface area contributed by atoms with Gasteiger partial charge in [0, 0.05) is 12.6 Å². The molecule has 2 aromatic carbocycles. The molecule has 0 aliphatic rings. The number of methoxy groups -OCH3 is 1. The molecule has 2 N–H and O–H groups in total. The van der Waals surface area contributed by atoms with E-state index in [2.05, 4.69) is 24.5 Å². The Morgan fingerprint density at radius 1 is 1.12 bits per heavy atom. The lowest BCUT2D eigenvalue weighted by Crippen LogP contribution is -2.38. The van der Waals surface area contributed by atoms with Crippen LogP contribution in [0.5, 0.6) is 5.75 Å². The molecule has 2 rings (SSSR count). The van der Waals surface area contributed by atoms with E-state index < -0.39 is 0 Å². The number of amides is 1. The number of halogens is 1. The topological polar surface area (TPSA) is 50.4 Å². The van der Waals surface area contributed by atoms with E-state index in [-0.39, 0.29) is 30.2 Å². The summed E-state index contributed by atoms with van der Waals surface area (Å²) in [6.45, 7) is 4.90. The van der Waals surface area contributed by atoms with Crippen LogP contribution in [-0.4, -0.2) is 26.1 Å². The Morgan fingerprint density at radius 3 is 2.46 bits per heavy atom. The van der Waals surface area contributed by atoms with Gasteiger partial charge in [-0.1, -0.05) is 44.2 Å². The normalized spacial score (nSPS) is 12.0. The highest BCUT2D eigenvalue weighted by molar-refractivity contribution is 5.78. The lowest BCUT2D eigenvalue weighted by Gasteiger charge is -2.23. The highest BCUT2D eigenvalue weighted by Gasteiger charge is 2.16. The van der Waals surface area contributed by atoms with E-state index in [1.54, 1.807) is 19.2 Å². The number of hydrogen-bond acceptors (Lipinski definition) is 3. The number of rotatable bonds is 9. The second kappa shape index (κ2) is 9.92. The van der Waals surface area contributed by atoms with Gasteiger partial charge in [-0.15, -0.1) is 0 Å². The van der Waals surface area contributed by atoms with Crippen molar-refractivity contribution in [2.24, 2.45) is 5.92 Å². The largest absolute Gasteiger partial charge is 0.496 e. The van der Waals surface area contributed by atoms with E-state index in [0.717, 1.165) is 16.9 Å². The van der Waals surface area contributed by atoms with Crippen molar-refractivity contribution in [1.29, 1.82) is 0 Å². The zero-order valence-corrected chi connectivity index (χ0v) is 15.6. The van der Waals surface area contributed by atoms with Crippen LogP contribution in [0.3, 0.4) is 0 Å². The second-order valence-corrected chi connectivity index (χ2v) is 6.57. The minimum Gasteiger partial charge on any atom is -0.496 e.